The molecule has 0 bridgehead atoms. The maximum Gasteiger partial charge on any atom is 0.318 e. The molecule has 0 aliphatic carbocycles. The summed E-state index contributed by atoms with van der Waals surface area (Å²) in [6.45, 7) is 3.82. The fraction of sp³-hybridized carbons (Fsp3) is 0.357. The monoisotopic (exact) mass is 278 g/mol. The molecule has 1 aromatic heterocycles. The van der Waals surface area contributed by atoms with Crippen LogP contribution in [0.1, 0.15) is 32.1 Å². The van der Waals surface area contributed by atoms with Gasteiger partial charge in [-0.15, -0.1) is 0 Å². The second kappa shape index (κ2) is 6.27. The van der Waals surface area contributed by atoms with Gasteiger partial charge in [0.1, 0.15) is 11.7 Å². The molecule has 1 heterocycles. The number of hydrogen-bond donors (Lipinski definition) is 0. The molecule has 0 spiro atoms. The smallest absolute Gasteiger partial charge is 0.318 e. The lowest BCUT2D eigenvalue weighted by atomic mass is 10.1. The van der Waals surface area contributed by atoms with Crippen LogP contribution >= 0.6 is 0 Å². The highest BCUT2D eigenvalue weighted by atomic mass is 19.1. The zero-order chi connectivity index (χ0) is 14.5. The van der Waals surface area contributed by atoms with Crippen LogP contribution < -0.4 is 0 Å². The molecular weight excluding hydrogens is 263 g/mol. The van der Waals surface area contributed by atoms with Crippen LogP contribution in [0, 0.1) is 5.82 Å². The predicted molar refractivity (Wildman–Crippen MR) is 69.4 cm³/mol. The fourth-order valence-corrected chi connectivity index (χ4v) is 1.81. The Bertz CT molecular complexity index is 598. The average Bonchev–Trinajstić information content (AvgIpc) is 2.90. The number of aromatic nitrogens is 2. The first-order valence-corrected chi connectivity index (χ1v) is 6.42. The number of rotatable bonds is 5. The van der Waals surface area contributed by atoms with Crippen molar-refractivity contribution >= 4 is 5.97 Å². The van der Waals surface area contributed by atoms with Gasteiger partial charge in [-0.1, -0.05) is 24.2 Å². The number of carbonyl (C=O) groups is 1. The second-order valence-electron chi connectivity index (χ2n) is 4.15. The van der Waals surface area contributed by atoms with E-state index in [2.05, 4.69) is 10.1 Å². The summed E-state index contributed by atoms with van der Waals surface area (Å²) in [5.74, 6) is -1.21. The lowest BCUT2D eigenvalue weighted by molar-refractivity contribution is -0.145. The van der Waals surface area contributed by atoms with Crippen molar-refractivity contribution in [1.82, 2.24) is 10.1 Å². The minimum atomic E-state index is -0.622. The molecule has 0 fully saturated rings. The van der Waals surface area contributed by atoms with Crippen molar-refractivity contribution in [3.8, 4) is 11.4 Å². The Balaban J connectivity index is 2.28. The van der Waals surface area contributed by atoms with E-state index in [1.54, 1.807) is 25.1 Å². The van der Waals surface area contributed by atoms with E-state index in [9.17, 15) is 9.18 Å². The van der Waals surface area contributed by atoms with Gasteiger partial charge >= 0.3 is 5.97 Å². The first-order chi connectivity index (χ1) is 9.67. The van der Waals surface area contributed by atoms with E-state index in [0.29, 0.717) is 6.42 Å². The summed E-state index contributed by atoms with van der Waals surface area (Å²) in [5.41, 5.74) is 0.237. The standard InChI is InChI=1S/C14H15FN2O3/c1-3-9(14(18)19-4-2)13-16-12(17-20-13)10-7-5-6-8-11(10)15/h5-9H,3-4H2,1-2H3. The molecule has 0 aliphatic rings. The van der Waals surface area contributed by atoms with Crippen LogP contribution in [0.25, 0.3) is 11.4 Å². The summed E-state index contributed by atoms with van der Waals surface area (Å²) >= 11 is 0. The molecule has 1 unspecified atom stereocenters. The van der Waals surface area contributed by atoms with Gasteiger partial charge in [0.2, 0.25) is 11.7 Å². The maximum absolute atomic E-state index is 13.6. The third-order valence-corrected chi connectivity index (χ3v) is 2.83. The van der Waals surface area contributed by atoms with Crippen LogP contribution in [0.5, 0.6) is 0 Å². The van der Waals surface area contributed by atoms with Crippen LogP contribution in [0.2, 0.25) is 0 Å². The highest BCUT2D eigenvalue weighted by Gasteiger charge is 2.27. The lowest BCUT2D eigenvalue weighted by Crippen LogP contribution is -2.15. The van der Waals surface area contributed by atoms with Crippen LogP contribution in [0.15, 0.2) is 28.8 Å². The van der Waals surface area contributed by atoms with Crippen molar-refractivity contribution in [2.24, 2.45) is 0 Å². The van der Waals surface area contributed by atoms with Gasteiger partial charge in [0, 0.05) is 0 Å². The Labute approximate surface area is 115 Å². The molecule has 2 rings (SSSR count). The maximum atomic E-state index is 13.6. The molecular formula is C14H15FN2O3. The van der Waals surface area contributed by atoms with Crippen LogP contribution in [-0.2, 0) is 9.53 Å². The molecule has 0 radical (unpaired) electrons. The number of benzene rings is 1. The van der Waals surface area contributed by atoms with E-state index in [1.165, 1.54) is 6.07 Å². The minimum Gasteiger partial charge on any atom is -0.465 e. The Kier molecular flexibility index (Phi) is 4.45. The largest absolute Gasteiger partial charge is 0.465 e. The van der Waals surface area contributed by atoms with E-state index in [1.807, 2.05) is 6.92 Å². The van der Waals surface area contributed by atoms with Gasteiger partial charge in [0.15, 0.2) is 0 Å². The number of esters is 1. The summed E-state index contributed by atoms with van der Waals surface area (Å²) in [4.78, 5) is 15.9. The highest BCUT2D eigenvalue weighted by molar-refractivity contribution is 5.76. The molecule has 0 N–H and O–H groups in total. The topological polar surface area (TPSA) is 65.2 Å². The van der Waals surface area contributed by atoms with Crippen molar-refractivity contribution in [3.63, 3.8) is 0 Å². The zero-order valence-electron chi connectivity index (χ0n) is 11.3. The quantitative estimate of drug-likeness (QED) is 0.787. The van der Waals surface area contributed by atoms with Gasteiger partial charge in [-0.3, -0.25) is 4.79 Å². The summed E-state index contributed by atoms with van der Waals surface area (Å²) in [5, 5.41) is 3.72. The average molecular weight is 278 g/mol. The zero-order valence-corrected chi connectivity index (χ0v) is 11.3. The van der Waals surface area contributed by atoms with Crippen LogP contribution in [-0.4, -0.2) is 22.7 Å². The Morgan fingerprint density at radius 2 is 2.15 bits per heavy atom. The molecule has 1 aromatic carbocycles. The molecule has 0 amide bonds. The number of ether oxygens (including phenoxy) is 1. The Morgan fingerprint density at radius 3 is 2.80 bits per heavy atom. The first kappa shape index (κ1) is 14.2. The van der Waals surface area contributed by atoms with Crippen molar-refractivity contribution in [3.05, 3.63) is 36.0 Å². The van der Waals surface area contributed by atoms with Crippen LogP contribution in [0.4, 0.5) is 4.39 Å². The highest BCUT2D eigenvalue weighted by Crippen LogP contribution is 2.24. The van der Waals surface area contributed by atoms with Gasteiger partial charge in [-0.25, -0.2) is 4.39 Å². The third kappa shape index (κ3) is 2.84. The molecule has 5 nitrogen and oxygen atoms in total. The van der Waals surface area contributed by atoms with E-state index in [4.69, 9.17) is 9.26 Å². The molecule has 2 aromatic rings. The third-order valence-electron chi connectivity index (χ3n) is 2.83. The predicted octanol–water partition coefficient (Wildman–Crippen LogP) is 2.93. The molecule has 6 heteroatoms. The summed E-state index contributed by atoms with van der Waals surface area (Å²) in [7, 11) is 0. The van der Waals surface area contributed by atoms with Crippen LogP contribution in [0.3, 0.4) is 0 Å². The summed E-state index contributed by atoms with van der Waals surface area (Å²) in [6.07, 6.45) is 0.470. The van der Waals surface area contributed by atoms with Crippen molar-refractivity contribution < 1.29 is 18.4 Å². The van der Waals surface area contributed by atoms with Gasteiger partial charge in [-0.2, -0.15) is 4.98 Å². The molecule has 1 atom stereocenters. The number of halogens is 1. The number of nitrogens with zero attached hydrogens (tertiary/aromatic N) is 2. The van der Waals surface area contributed by atoms with Gasteiger partial charge < -0.3 is 9.26 Å². The summed E-state index contributed by atoms with van der Waals surface area (Å²) in [6, 6.07) is 6.12. The molecule has 0 aliphatic heterocycles. The van der Waals surface area contributed by atoms with Gasteiger partial charge in [0.05, 0.1) is 12.2 Å². The van der Waals surface area contributed by atoms with E-state index in [0.717, 1.165) is 0 Å². The van der Waals surface area contributed by atoms with Crippen molar-refractivity contribution in [2.45, 2.75) is 26.2 Å². The fourth-order valence-electron chi connectivity index (χ4n) is 1.81. The van der Waals surface area contributed by atoms with Gasteiger partial charge in [-0.05, 0) is 25.5 Å². The molecule has 0 saturated heterocycles. The molecule has 0 saturated carbocycles. The van der Waals surface area contributed by atoms with Crippen molar-refractivity contribution in [1.29, 1.82) is 0 Å². The second-order valence-corrected chi connectivity index (χ2v) is 4.15. The van der Waals surface area contributed by atoms with E-state index in [-0.39, 0.29) is 23.9 Å². The van der Waals surface area contributed by atoms with E-state index < -0.39 is 17.7 Å². The van der Waals surface area contributed by atoms with Crippen molar-refractivity contribution in [2.75, 3.05) is 6.61 Å². The SMILES string of the molecule is CCOC(=O)C(CC)c1nc(-c2ccccc2F)no1. The lowest BCUT2D eigenvalue weighted by Gasteiger charge is -2.08. The Hall–Kier alpha value is -2.24. The normalized spacial score (nSPS) is 12.2. The van der Waals surface area contributed by atoms with Gasteiger partial charge in [0.25, 0.3) is 0 Å². The first-order valence-electron chi connectivity index (χ1n) is 6.42. The Morgan fingerprint density at radius 1 is 1.40 bits per heavy atom. The summed E-state index contributed by atoms with van der Waals surface area (Å²) < 4.78 is 23.6. The molecule has 106 valence electrons. The molecule has 20 heavy (non-hydrogen) atoms. The van der Waals surface area contributed by atoms with E-state index >= 15 is 0 Å². The number of carbonyl (C=O) groups excluding carboxylic acids is 1. The number of hydrogen-bond acceptors (Lipinski definition) is 5. The minimum absolute atomic E-state index is 0.126.